The summed E-state index contributed by atoms with van der Waals surface area (Å²) in [5, 5.41) is 9.56. The molecule has 2 aromatic rings. The molecule has 0 aliphatic heterocycles. The number of nitrogens with zero attached hydrogens (tertiary/aromatic N) is 1. The molecular formula is C12H14ClN3O4S. The van der Waals surface area contributed by atoms with E-state index < -0.39 is 28.0 Å². The molecule has 7 nitrogen and oxygen atoms in total. The first-order valence-corrected chi connectivity index (χ1v) is 7.97. The molecular weight excluding hydrogens is 318 g/mol. The summed E-state index contributed by atoms with van der Waals surface area (Å²) in [6.45, 7) is 3.23. The summed E-state index contributed by atoms with van der Waals surface area (Å²) in [7, 11) is -4.04. The van der Waals surface area contributed by atoms with Crippen LogP contribution in [-0.2, 0) is 14.8 Å². The Morgan fingerprint density at radius 2 is 2.14 bits per heavy atom. The van der Waals surface area contributed by atoms with Gasteiger partial charge in [-0.3, -0.25) is 4.79 Å². The maximum absolute atomic E-state index is 12.4. The lowest BCUT2D eigenvalue weighted by Gasteiger charge is -2.17. The van der Waals surface area contributed by atoms with Gasteiger partial charge >= 0.3 is 5.97 Å². The number of nitrogens with one attached hydrogen (secondary N) is 2. The number of hydrogen-bond donors (Lipinski definition) is 3. The molecule has 0 aromatic carbocycles. The lowest BCUT2D eigenvalue weighted by molar-refractivity contribution is -0.140. The number of aromatic amines is 1. The van der Waals surface area contributed by atoms with Crippen molar-refractivity contribution in [3.63, 3.8) is 0 Å². The van der Waals surface area contributed by atoms with Crippen molar-refractivity contribution in [3.05, 3.63) is 23.5 Å². The number of halogens is 1. The van der Waals surface area contributed by atoms with E-state index in [-0.39, 0.29) is 15.3 Å². The third-order valence-corrected chi connectivity index (χ3v) is 4.77. The number of aliphatic carboxylic acids is 1. The molecule has 0 bridgehead atoms. The van der Waals surface area contributed by atoms with Gasteiger partial charge in [0.25, 0.3) is 0 Å². The van der Waals surface area contributed by atoms with Crippen molar-refractivity contribution in [3.8, 4) is 0 Å². The van der Waals surface area contributed by atoms with Crippen LogP contribution in [0, 0.1) is 5.92 Å². The molecule has 2 rings (SSSR count). The first-order valence-electron chi connectivity index (χ1n) is 6.10. The van der Waals surface area contributed by atoms with Crippen LogP contribution in [0.4, 0.5) is 0 Å². The maximum atomic E-state index is 12.4. The minimum atomic E-state index is -4.04. The molecule has 0 amide bonds. The van der Waals surface area contributed by atoms with Crippen LogP contribution in [0.3, 0.4) is 0 Å². The van der Waals surface area contributed by atoms with E-state index in [0.717, 1.165) is 0 Å². The summed E-state index contributed by atoms with van der Waals surface area (Å²) >= 11 is 6.00. The Morgan fingerprint density at radius 1 is 1.48 bits per heavy atom. The minimum absolute atomic E-state index is 0.123. The average Bonchev–Trinajstić information content (AvgIpc) is 2.81. The van der Waals surface area contributed by atoms with Gasteiger partial charge in [-0.15, -0.1) is 0 Å². The maximum Gasteiger partial charge on any atom is 0.322 e. The molecule has 2 aromatic heterocycles. The van der Waals surface area contributed by atoms with Crippen molar-refractivity contribution in [1.29, 1.82) is 0 Å². The SMILES string of the molecule is CC(C)[C@H](NS(=O)(=O)c1c[nH]c2nccc(Cl)c12)C(=O)O. The average molecular weight is 332 g/mol. The van der Waals surface area contributed by atoms with E-state index in [9.17, 15) is 13.2 Å². The number of hydrogen-bond acceptors (Lipinski definition) is 4. The molecule has 0 radical (unpaired) electrons. The quantitative estimate of drug-likeness (QED) is 0.770. The van der Waals surface area contributed by atoms with E-state index in [1.165, 1.54) is 18.5 Å². The van der Waals surface area contributed by atoms with Crippen molar-refractivity contribution < 1.29 is 18.3 Å². The number of carbonyl (C=O) groups is 1. The van der Waals surface area contributed by atoms with E-state index in [4.69, 9.17) is 16.7 Å². The van der Waals surface area contributed by atoms with E-state index in [0.29, 0.717) is 5.65 Å². The Kier molecular flexibility index (Phi) is 4.22. The number of fused-ring (bicyclic) bond motifs is 1. The zero-order valence-corrected chi connectivity index (χ0v) is 12.9. The zero-order chi connectivity index (χ0) is 15.8. The van der Waals surface area contributed by atoms with Crippen molar-refractivity contribution in [2.75, 3.05) is 0 Å². The lowest BCUT2D eigenvalue weighted by atomic mass is 10.1. The van der Waals surface area contributed by atoms with Crippen LogP contribution in [0.1, 0.15) is 13.8 Å². The van der Waals surface area contributed by atoms with Crippen molar-refractivity contribution >= 4 is 38.6 Å². The molecule has 0 saturated heterocycles. The predicted molar refractivity (Wildman–Crippen MR) is 77.7 cm³/mol. The number of aromatic nitrogens is 2. The summed E-state index contributed by atoms with van der Waals surface area (Å²) in [5.41, 5.74) is 0.319. The van der Waals surface area contributed by atoms with Crippen LogP contribution in [-0.4, -0.2) is 35.5 Å². The smallest absolute Gasteiger partial charge is 0.322 e. The number of rotatable bonds is 5. The van der Waals surface area contributed by atoms with Gasteiger partial charge in [0, 0.05) is 12.4 Å². The van der Waals surface area contributed by atoms with Crippen molar-refractivity contribution in [2.24, 2.45) is 5.92 Å². The number of H-pyrrole nitrogens is 1. The lowest BCUT2D eigenvalue weighted by Crippen LogP contribution is -2.44. The fraction of sp³-hybridized carbons (Fsp3) is 0.333. The number of carboxylic acid groups (broad SMARTS) is 1. The van der Waals surface area contributed by atoms with Crippen molar-refractivity contribution in [2.45, 2.75) is 24.8 Å². The zero-order valence-electron chi connectivity index (χ0n) is 11.3. The van der Waals surface area contributed by atoms with Gasteiger partial charge in [0.05, 0.1) is 10.4 Å². The number of sulfonamides is 1. The van der Waals surface area contributed by atoms with Gasteiger partial charge in [0.1, 0.15) is 16.6 Å². The van der Waals surface area contributed by atoms with E-state index in [1.807, 2.05) is 0 Å². The third-order valence-electron chi connectivity index (χ3n) is 2.99. The molecule has 114 valence electrons. The van der Waals surface area contributed by atoms with E-state index >= 15 is 0 Å². The Morgan fingerprint density at radius 3 is 2.71 bits per heavy atom. The molecule has 21 heavy (non-hydrogen) atoms. The van der Waals surface area contributed by atoms with Crippen LogP contribution < -0.4 is 4.72 Å². The summed E-state index contributed by atoms with van der Waals surface area (Å²) in [5.74, 6) is -1.64. The fourth-order valence-electron chi connectivity index (χ4n) is 1.90. The first-order chi connectivity index (χ1) is 9.74. The summed E-state index contributed by atoms with van der Waals surface area (Å²) in [6, 6.07) is 0.240. The largest absolute Gasteiger partial charge is 0.480 e. The van der Waals surface area contributed by atoms with E-state index in [1.54, 1.807) is 13.8 Å². The van der Waals surface area contributed by atoms with Crippen LogP contribution in [0.2, 0.25) is 5.02 Å². The molecule has 0 aliphatic carbocycles. The Balaban J connectivity index is 2.50. The highest BCUT2D eigenvalue weighted by molar-refractivity contribution is 7.89. The van der Waals surface area contributed by atoms with Gasteiger partial charge in [0.2, 0.25) is 10.0 Å². The van der Waals surface area contributed by atoms with Gasteiger partial charge < -0.3 is 10.1 Å². The predicted octanol–water partition coefficient (Wildman–Crippen LogP) is 1.60. The molecule has 1 atom stereocenters. The van der Waals surface area contributed by atoms with Crippen LogP contribution in [0.25, 0.3) is 11.0 Å². The highest BCUT2D eigenvalue weighted by Crippen LogP contribution is 2.28. The molecule has 0 unspecified atom stereocenters. The van der Waals surface area contributed by atoms with Crippen LogP contribution >= 0.6 is 11.6 Å². The summed E-state index contributed by atoms with van der Waals surface area (Å²) in [4.78, 5) is 17.7. The van der Waals surface area contributed by atoms with Crippen molar-refractivity contribution in [1.82, 2.24) is 14.7 Å². The monoisotopic (exact) mass is 331 g/mol. The Labute approximate surface area is 126 Å². The normalized spacial score (nSPS) is 13.7. The second kappa shape index (κ2) is 5.63. The first kappa shape index (κ1) is 15.7. The highest BCUT2D eigenvalue weighted by atomic mass is 35.5. The molecule has 0 aliphatic rings. The van der Waals surface area contributed by atoms with Gasteiger partial charge in [-0.1, -0.05) is 25.4 Å². The number of pyridine rings is 1. The summed E-state index contributed by atoms with van der Waals surface area (Å²) < 4.78 is 27.0. The molecule has 0 fully saturated rings. The van der Waals surface area contributed by atoms with Gasteiger partial charge in [-0.05, 0) is 12.0 Å². The highest BCUT2D eigenvalue weighted by Gasteiger charge is 2.30. The van der Waals surface area contributed by atoms with Gasteiger partial charge in [-0.25, -0.2) is 13.4 Å². The van der Waals surface area contributed by atoms with Gasteiger partial charge in [-0.2, -0.15) is 4.72 Å². The second-order valence-electron chi connectivity index (χ2n) is 4.85. The standard InChI is InChI=1S/C12H14ClN3O4S/c1-6(2)10(12(17)18)16-21(19,20)8-5-15-11-9(8)7(13)3-4-14-11/h3-6,10,16H,1-2H3,(H,14,15)(H,17,18)/t10-/m0/s1. The second-order valence-corrected chi connectivity index (χ2v) is 6.94. The van der Waals surface area contributed by atoms with Crippen LogP contribution in [0.15, 0.2) is 23.4 Å². The van der Waals surface area contributed by atoms with E-state index in [2.05, 4.69) is 14.7 Å². The van der Waals surface area contributed by atoms with Crippen LogP contribution in [0.5, 0.6) is 0 Å². The molecule has 2 heterocycles. The minimum Gasteiger partial charge on any atom is -0.480 e. The van der Waals surface area contributed by atoms with Gasteiger partial charge in [0.15, 0.2) is 0 Å². The molecule has 0 saturated carbocycles. The molecule has 0 spiro atoms. The molecule has 3 N–H and O–H groups in total. The Hall–Kier alpha value is -1.64. The summed E-state index contributed by atoms with van der Waals surface area (Å²) in [6.07, 6.45) is 2.68. The molecule has 9 heteroatoms. The number of carboxylic acids is 1. The third kappa shape index (κ3) is 3.02. The fourth-order valence-corrected chi connectivity index (χ4v) is 3.73. The Bertz CT molecular complexity index is 785. The topological polar surface area (TPSA) is 112 Å².